The van der Waals surface area contributed by atoms with Gasteiger partial charge in [0, 0.05) is 16.5 Å². The number of aromatic amines is 1. The summed E-state index contributed by atoms with van der Waals surface area (Å²) >= 11 is 0. The summed E-state index contributed by atoms with van der Waals surface area (Å²) in [6, 6.07) is -1.34. The SMILES string of the molecule is [2H]c1c([2H])c([2H])n2c(=O)c(-c3nn[nH]n3)cnc2c1C([2H])([2H])[2H]. The summed E-state index contributed by atoms with van der Waals surface area (Å²) in [5, 5.41) is 12.8. The van der Waals surface area contributed by atoms with Crippen molar-refractivity contribution < 1.29 is 8.22 Å². The lowest BCUT2D eigenvalue weighted by molar-refractivity contribution is 0.881. The number of aromatic nitrogens is 6. The smallest absolute Gasteiger partial charge is 0.268 e. The Hall–Kier alpha value is -2.57. The third-order valence-electron chi connectivity index (χ3n) is 2.13. The molecular weight excluding hydrogens is 220 g/mol. The molecule has 3 heterocycles. The number of rotatable bonds is 1. The fourth-order valence-corrected chi connectivity index (χ4v) is 1.37. The highest BCUT2D eigenvalue weighted by Gasteiger charge is 2.11. The molecule has 0 saturated carbocycles. The third kappa shape index (κ3) is 1.40. The largest absolute Gasteiger partial charge is 0.269 e. The fourth-order valence-electron chi connectivity index (χ4n) is 1.37. The van der Waals surface area contributed by atoms with Crippen LogP contribution in [-0.2, 0) is 0 Å². The molecule has 0 aromatic carbocycles. The van der Waals surface area contributed by atoms with Crippen LogP contribution in [0.25, 0.3) is 17.0 Å². The number of tetrazole rings is 1. The Labute approximate surface area is 104 Å². The number of hydrogen-bond acceptors (Lipinski definition) is 5. The molecule has 0 aliphatic carbocycles. The van der Waals surface area contributed by atoms with Gasteiger partial charge in [0.1, 0.15) is 11.2 Å². The van der Waals surface area contributed by atoms with Crippen molar-refractivity contribution in [1.29, 1.82) is 0 Å². The van der Waals surface area contributed by atoms with Crippen LogP contribution in [0.3, 0.4) is 0 Å². The lowest BCUT2D eigenvalue weighted by atomic mass is 10.2. The van der Waals surface area contributed by atoms with Crippen LogP contribution >= 0.6 is 0 Å². The Bertz CT molecular complexity index is 963. The van der Waals surface area contributed by atoms with Crippen LogP contribution in [0.15, 0.2) is 29.2 Å². The molecule has 3 aromatic rings. The van der Waals surface area contributed by atoms with Crippen molar-refractivity contribution in [2.24, 2.45) is 0 Å². The van der Waals surface area contributed by atoms with Crippen molar-refractivity contribution in [1.82, 2.24) is 30.0 Å². The van der Waals surface area contributed by atoms with E-state index in [0.29, 0.717) is 4.40 Å². The topological polar surface area (TPSA) is 88.8 Å². The molecule has 7 nitrogen and oxygen atoms in total. The molecule has 0 aliphatic heterocycles. The molecule has 84 valence electrons. The van der Waals surface area contributed by atoms with Gasteiger partial charge in [-0.05, 0) is 23.7 Å². The first kappa shape index (κ1) is 5.17. The van der Waals surface area contributed by atoms with Crippen molar-refractivity contribution in [3.63, 3.8) is 0 Å². The zero-order chi connectivity index (χ0) is 16.9. The van der Waals surface area contributed by atoms with Gasteiger partial charge in [-0.1, -0.05) is 6.04 Å². The van der Waals surface area contributed by atoms with Gasteiger partial charge in [-0.25, -0.2) is 4.98 Å². The van der Waals surface area contributed by atoms with E-state index in [9.17, 15) is 4.79 Å². The van der Waals surface area contributed by atoms with E-state index in [1.807, 2.05) is 0 Å². The van der Waals surface area contributed by atoms with E-state index in [2.05, 4.69) is 25.6 Å². The number of nitrogens with zero attached hydrogens (tertiary/aromatic N) is 5. The van der Waals surface area contributed by atoms with E-state index in [1.165, 1.54) is 0 Å². The Morgan fingerprint density at radius 2 is 2.53 bits per heavy atom. The van der Waals surface area contributed by atoms with Crippen molar-refractivity contribution in [2.45, 2.75) is 6.85 Å². The number of fused-ring (bicyclic) bond motifs is 1. The molecule has 0 atom stereocenters. The molecule has 1 N–H and O–H groups in total. The van der Waals surface area contributed by atoms with Crippen LogP contribution in [0.5, 0.6) is 0 Å². The number of pyridine rings is 1. The molecule has 7 heteroatoms. The van der Waals surface area contributed by atoms with E-state index in [-0.39, 0.29) is 17.0 Å². The second-order valence-electron chi connectivity index (χ2n) is 3.11. The summed E-state index contributed by atoms with van der Waals surface area (Å²) in [6.07, 6.45) is 0.418. The predicted octanol–water partition coefficient (Wildman–Crippen LogP) is 0.183. The van der Waals surface area contributed by atoms with Crippen LogP contribution < -0.4 is 5.56 Å². The molecule has 0 aliphatic rings. The summed E-state index contributed by atoms with van der Waals surface area (Å²) in [7, 11) is 0. The quantitative estimate of drug-likeness (QED) is 0.649. The first-order valence-electron chi connectivity index (χ1n) is 7.49. The molecule has 0 amide bonds. The molecule has 0 spiro atoms. The normalized spacial score (nSPS) is 16.7. The van der Waals surface area contributed by atoms with E-state index >= 15 is 0 Å². The summed E-state index contributed by atoms with van der Waals surface area (Å²) in [4.78, 5) is 16.4. The van der Waals surface area contributed by atoms with Crippen LogP contribution in [0.2, 0.25) is 0 Å². The minimum atomic E-state index is -2.76. The third-order valence-corrected chi connectivity index (χ3v) is 2.13. The highest BCUT2D eigenvalue weighted by molar-refractivity contribution is 5.55. The van der Waals surface area contributed by atoms with Crippen molar-refractivity contribution >= 4 is 5.65 Å². The maximum Gasteiger partial charge on any atom is 0.269 e. The summed E-state index contributed by atoms with van der Waals surface area (Å²) in [6.45, 7) is -2.76. The van der Waals surface area contributed by atoms with Crippen LogP contribution in [0.1, 0.15) is 13.8 Å². The van der Waals surface area contributed by atoms with Gasteiger partial charge in [0.2, 0.25) is 5.82 Å². The van der Waals surface area contributed by atoms with Gasteiger partial charge in [-0.2, -0.15) is 5.21 Å². The highest BCUT2D eigenvalue weighted by Crippen LogP contribution is 2.09. The van der Waals surface area contributed by atoms with E-state index < -0.39 is 36.2 Å². The molecular formula is C10H8N6O. The maximum atomic E-state index is 12.5. The Morgan fingerprint density at radius 1 is 1.59 bits per heavy atom. The van der Waals surface area contributed by atoms with E-state index in [0.717, 1.165) is 6.20 Å². The minimum Gasteiger partial charge on any atom is -0.268 e. The second kappa shape index (κ2) is 3.48. The number of H-pyrrole nitrogens is 1. The molecule has 17 heavy (non-hydrogen) atoms. The molecule has 0 unspecified atom stereocenters. The van der Waals surface area contributed by atoms with Crippen LogP contribution in [-0.4, -0.2) is 30.0 Å². The average molecular weight is 234 g/mol. The van der Waals surface area contributed by atoms with Crippen molar-refractivity contribution in [3.05, 3.63) is 40.4 Å². The maximum absolute atomic E-state index is 12.5. The molecule has 0 bridgehead atoms. The Morgan fingerprint density at radius 3 is 3.29 bits per heavy atom. The van der Waals surface area contributed by atoms with Gasteiger partial charge in [0.05, 0.1) is 4.11 Å². The second-order valence-corrected chi connectivity index (χ2v) is 3.11. The molecule has 0 saturated heterocycles. The van der Waals surface area contributed by atoms with Gasteiger partial charge >= 0.3 is 0 Å². The lowest BCUT2D eigenvalue weighted by Crippen LogP contribution is -2.17. The van der Waals surface area contributed by atoms with Gasteiger partial charge in [0.25, 0.3) is 5.56 Å². The fraction of sp³-hybridized carbons (Fsp3) is 0.100. The monoisotopic (exact) mass is 234 g/mol. The van der Waals surface area contributed by atoms with Gasteiger partial charge in [-0.15, -0.1) is 10.2 Å². The van der Waals surface area contributed by atoms with Gasteiger partial charge in [0.15, 0.2) is 0 Å². The number of aryl methyl sites for hydroxylation is 1. The molecule has 3 rings (SSSR count). The first-order chi connectivity index (χ1) is 10.7. The van der Waals surface area contributed by atoms with E-state index in [1.54, 1.807) is 0 Å². The van der Waals surface area contributed by atoms with Gasteiger partial charge < -0.3 is 0 Å². The molecule has 3 aromatic heterocycles. The average Bonchev–Trinajstić information content (AvgIpc) is 2.97. The first-order valence-corrected chi connectivity index (χ1v) is 4.49. The number of hydrogen-bond donors (Lipinski definition) is 1. The van der Waals surface area contributed by atoms with Crippen molar-refractivity contribution in [2.75, 3.05) is 0 Å². The van der Waals surface area contributed by atoms with Gasteiger partial charge in [-0.3, -0.25) is 9.20 Å². The lowest BCUT2D eigenvalue weighted by Gasteiger charge is -2.03. The predicted molar refractivity (Wildman–Crippen MR) is 59.4 cm³/mol. The summed E-state index contributed by atoms with van der Waals surface area (Å²) in [5.41, 5.74) is -1.86. The Kier molecular flexibility index (Phi) is 1.06. The standard InChI is InChI=1S/C10H8N6O/c1-6-3-2-4-16-9(6)11-5-7(10(16)17)8-12-14-15-13-8/h2-5H,1H3,(H,12,13,14,15)/i1D3,2D,3D,4D. The van der Waals surface area contributed by atoms with Crippen LogP contribution in [0, 0.1) is 6.85 Å². The summed E-state index contributed by atoms with van der Waals surface area (Å²) < 4.78 is 46.5. The summed E-state index contributed by atoms with van der Waals surface area (Å²) in [5.74, 6) is -0.0757. The number of nitrogens with one attached hydrogen (secondary N) is 1. The Balaban J connectivity index is 2.51. The highest BCUT2D eigenvalue weighted by atomic mass is 16.1. The zero-order valence-corrected chi connectivity index (χ0v) is 8.22. The zero-order valence-electron chi connectivity index (χ0n) is 14.2. The van der Waals surface area contributed by atoms with Crippen LogP contribution in [0.4, 0.5) is 0 Å². The molecule has 0 fully saturated rings. The van der Waals surface area contributed by atoms with Crippen molar-refractivity contribution in [3.8, 4) is 11.4 Å². The molecule has 0 radical (unpaired) electrons. The van der Waals surface area contributed by atoms with E-state index in [4.69, 9.17) is 8.22 Å². The minimum absolute atomic E-state index is 0.0757.